The third-order valence-corrected chi connectivity index (χ3v) is 6.82. The summed E-state index contributed by atoms with van der Waals surface area (Å²) < 4.78 is 29.5. The molecule has 0 bridgehead atoms. The number of carbonyl (C=O) groups is 1. The fraction of sp³-hybridized carbons (Fsp3) is 0.214. The van der Waals surface area contributed by atoms with Crippen molar-refractivity contribution in [3.8, 4) is 0 Å². The van der Waals surface area contributed by atoms with Crippen LogP contribution in [0.1, 0.15) is 16.7 Å². The van der Waals surface area contributed by atoms with E-state index in [4.69, 9.17) is 0 Å². The molecule has 10 heteroatoms. The van der Waals surface area contributed by atoms with Gasteiger partial charge in [-0.2, -0.15) is 8.78 Å². The lowest BCUT2D eigenvalue weighted by atomic mass is 10.1. The Morgan fingerprint density at radius 1 is 1.05 bits per heavy atom. The number of nitrogens with zero attached hydrogens (tertiary/aromatic N) is 4. The van der Waals surface area contributed by atoms with Crippen LogP contribution in [0.2, 0.25) is 0 Å². The van der Waals surface area contributed by atoms with E-state index < -0.39 is 18.3 Å². The number of halogens is 3. The summed E-state index contributed by atoms with van der Waals surface area (Å²) in [5.41, 5.74) is 2.64. The molecule has 4 rings (SSSR count). The second kappa shape index (κ2) is 11.5. The molecule has 0 radical (unpaired) electrons. The fourth-order valence-corrected chi connectivity index (χ4v) is 4.29. The van der Waals surface area contributed by atoms with E-state index in [-0.39, 0.29) is 30.3 Å². The number of allylic oxidation sites excluding steroid dienone is 1. The molecule has 2 amide bonds. The molecular weight excluding hydrogens is 603 g/mol. The van der Waals surface area contributed by atoms with Crippen molar-refractivity contribution in [2.24, 2.45) is 4.99 Å². The second-order valence-corrected chi connectivity index (χ2v) is 10.3. The number of anilines is 1. The van der Waals surface area contributed by atoms with E-state index in [2.05, 4.69) is 39.5 Å². The maximum Gasteiger partial charge on any atom is 0.327 e. The third-order valence-electron chi connectivity index (χ3n) is 6.10. The first-order valence-corrected chi connectivity index (χ1v) is 12.9. The van der Waals surface area contributed by atoms with Gasteiger partial charge in [0, 0.05) is 28.9 Å². The Bertz CT molecular complexity index is 1330. The molecule has 1 aliphatic heterocycles. The van der Waals surface area contributed by atoms with Crippen molar-refractivity contribution < 1.29 is 18.7 Å². The molecule has 3 aromatic rings. The molecule has 3 aromatic carbocycles. The van der Waals surface area contributed by atoms with Crippen LogP contribution in [0.3, 0.4) is 0 Å². The number of benzene rings is 3. The number of nitrogens with one attached hydrogen (secondary N) is 1. The lowest BCUT2D eigenvalue weighted by Gasteiger charge is -2.42. The maximum absolute atomic E-state index is 14.2. The van der Waals surface area contributed by atoms with E-state index in [1.54, 1.807) is 6.07 Å². The number of carbonyl (C=O) groups excluding carboxylic acids is 1. The first-order valence-electron chi connectivity index (χ1n) is 11.8. The normalized spacial score (nSPS) is 16.9. The van der Waals surface area contributed by atoms with Crippen molar-refractivity contribution in [1.29, 1.82) is 0 Å². The number of aliphatic imine (C=N–C) groups is 1. The molecule has 0 aliphatic carbocycles. The molecule has 1 aliphatic rings. The van der Waals surface area contributed by atoms with Gasteiger partial charge in [-0.1, -0.05) is 43.0 Å². The molecule has 0 aromatic heterocycles. The maximum atomic E-state index is 14.2. The van der Waals surface area contributed by atoms with E-state index in [1.807, 2.05) is 67.5 Å². The van der Waals surface area contributed by atoms with E-state index in [0.29, 0.717) is 6.08 Å². The number of amides is 2. The molecule has 1 unspecified atom stereocenters. The summed E-state index contributed by atoms with van der Waals surface area (Å²) >= 11 is 2.20. The van der Waals surface area contributed by atoms with Gasteiger partial charge < -0.3 is 10.0 Å². The Hall–Kier alpha value is -3.51. The van der Waals surface area contributed by atoms with Crippen LogP contribution < -0.4 is 10.2 Å². The monoisotopic (exact) mass is 631 g/mol. The van der Waals surface area contributed by atoms with Gasteiger partial charge in [-0.15, -0.1) is 0 Å². The van der Waals surface area contributed by atoms with Crippen molar-refractivity contribution in [3.05, 3.63) is 106 Å². The molecule has 2 N–H and O–H groups in total. The topological polar surface area (TPSA) is 71.4 Å². The first-order chi connectivity index (χ1) is 18.1. The number of aliphatic hydroxyl groups excluding tert-OH is 1. The van der Waals surface area contributed by atoms with Gasteiger partial charge in [0.05, 0.1) is 18.8 Å². The predicted molar refractivity (Wildman–Crippen MR) is 153 cm³/mol. The molecule has 198 valence electrons. The van der Waals surface area contributed by atoms with E-state index in [0.717, 1.165) is 20.4 Å². The molecule has 1 heterocycles. The van der Waals surface area contributed by atoms with Crippen LogP contribution in [0, 0.1) is 3.57 Å². The minimum atomic E-state index is -3.23. The summed E-state index contributed by atoms with van der Waals surface area (Å²) in [4.78, 5) is 22.3. The molecule has 0 spiro atoms. The van der Waals surface area contributed by atoms with Crippen LogP contribution in [-0.2, 0) is 19.0 Å². The zero-order valence-electron chi connectivity index (χ0n) is 21.0. The van der Waals surface area contributed by atoms with Gasteiger partial charge >= 0.3 is 6.03 Å². The van der Waals surface area contributed by atoms with Crippen LogP contribution >= 0.6 is 22.6 Å². The highest BCUT2D eigenvalue weighted by molar-refractivity contribution is 14.1. The quantitative estimate of drug-likeness (QED) is 0.250. The van der Waals surface area contributed by atoms with E-state index in [1.165, 1.54) is 28.0 Å². The van der Waals surface area contributed by atoms with Crippen molar-refractivity contribution in [2.45, 2.75) is 25.4 Å². The smallest absolute Gasteiger partial charge is 0.327 e. The number of alkyl halides is 2. The Balaban J connectivity index is 1.69. The van der Waals surface area contributed by atoms with E-state index in [9.17, 15) is 18.7 Å². The van der Waals surface area contributed by atoms with Gasteiger partial charge in [0.15, 0.2) is 0 Å². The van der Waals surface area contributed by atoms with Gasteiger partial charge in [0.25, 0.3) is 5.92 Å². The summed E-state index contributed by atoms with van der Waals surface area (Å²) in [5.74, 6) is -3.18. The van der Waals surface area contributed by atoms with Crippen molar-refractivity contribution >= 4 is 46.0 Å². The zero-order valence-corrected chi connectivity index (χ0v) is 23.1. The average molecular weight is 631 g/mol. The average Bonchev–Trinajstić information content (AvgIpc) is 2.90. The SMILES string of the molecule is C=CC(F)(F)c1cccc(N=C2NC(=O)N(Cc3ccc(I)cc3)C(O)N2Cc2ccc(N(C)C)cc2)c1. The van der Waals surface area contributed by atoms with Gasteiger partial charge in [0.1, 0.15) is 0 Å². The van der Waals surface area contributed by atoms with Crippen molar-refractivity contribution in [3.63, 3.8) is 0 Å². The minimum absolute atomic E-state index is 0.0529. The molecule has 1 atom stereocenters. The highest BCUT2D eigenvalue weighted by Crippen LogP contribution is 2.31. The van der Waals surface area contributed by atoms with Crippen molar-refractivity contribution in [1.82, 2.24) is 15.1 Å². The summed E-state index contributed by atoms with van der Waals surface area (Å²) in [6.07, 6.45) is -0.787. The number of urea groups is 1. The van der Waals surface area contributed by atoms with Crippen LogP contribution in [0.5, 0.6) is 0 Å². The largest absolute Gasteiger partial charge is 0.378 e. The van der Waals surface area contributed by atoms with Crippen LogP contribution in [-0.4, -0.2) is 47.3 Å². The number of aliphatic hydroxyl groups is 1. The summed E-state index contributed by atoms with van der Waals surface area (Å²) in [7, 11) is 3.88. The Labute approximate surface area is 234 Å². The van der Waals surface area contributed by atoms with Gasteiger partial charge in [-0.05, 0) is 76.2 Å². The van der Waals surface area contributed by atoms with Gasteiger partial charge in [-0.3, -0.25) is 15.1 Å². The molecule has 1 saturated heterocycles. The fourth-order valence-electron chi connectivity index (χ4n) is 3.93. The predicted octanol–water partition coefficient (Wildman–Crippen LogP) is 5.63. The number of hydrogen-bond donors (Lipinski definition) is 2. The van der Waals surface area contributed by atoms with Crippen LogP contribution in [0.4, 0.5) is 25.0 Å². The number of rotatable bonds is 8. The molecular formula is C28H28F2IN5O2. The van der Waals surface area contributed by atoms with Gasteiger partial charge in [-0.25, -0.2) is 9.79 Å². The van der Waals surface area contributed by atoms with Crippen LogP contribution in [0.25, 0.3) is 0 Å². The molecule has 38 heavy (non-hydrogen) atoms. The summed E-state index contributed by atoms with van der Waals surface area (Å²) in [6.45, 7) is 3.57. The van der Waals surface area contributed by atoms with Crippen molar-refractivity contribution in [2.75, 3.05) is 19.0 Å². The number of guanidine groups is 1. The summed E-state index contributed by atoms with van der Waals surface area (Å²) in [5, 5.41) is 14.1. The standard InChI is InChI=1S/C28H28F2IN5O2/c1-4-28(29,30)21-6-5-7-23(16-21)32-25-33-26(37)36(18-19-8-12-22(31)13-9-19)27(38)35(25)17-20-10-14-24(15-11-20)34(2)3/h4-16,27,38H,1,17-18H2,2-3H3,(H,32,33,37). The molecule has 1 fully saturated rings. The highest BCUT2D eigenvalue weighted by atomic mass is 127. The second-order valence-electron chi connectivity index (χ2n) is 9.03. The minimum Gasteiger partial charge on any atom is -0.378 e. The van der Waals surface area contributed by atoms with E-state index >= 15 is 0 Å². The lowest BCUT2D eigenvalue weighted by molar-refractivity contribution is -0.0731. The summed E-state index contributed by atoms with van der Waals surface area (Å²) in [6, 6.07) is 20.3. The number of hydrogen-bond acceptors (Lipinski definition) is 4. The Kier molecular flexibility index (Phi) is 8.32. The third kappa shape index (κ3) is 6.30. The van der Waals surface area contributed by atoms with Crippen LogP contribution in [0.15, 0.2) is 90.4 Å². The lowest BCUT2D eigenvalue weighted by Crippen LogP contribution is -2.64. The first kappa shape index (κ1) is 27.5. The molecule has 0 saturated carbocycles. The molecule has 7 nitrogen and oxygen atoms in total. The Morgan fingerprint density at radius 2 is 1.66 bits per heavy atom. The highest BCUT2D eigenvalue weighted by Gasteiger charge is 2.36. The van der Waals surface area contributed by atoms with Gasteiger partial charge in [0.2, 0.25) is 12.3 Å². The zero-order chi connectivity index (χ0) is 27.4. The Morgan fingerprint density at radius 3 is 2.26 bits per heavy atom.